The summed E-state index contributed by atoms with van der Waals surface area (Å²) >= 11 is 0. The summed E-state index contributed by atoms with van der Waals surface area (Å²) in [5.74, 6) is -0.238. The molecular formula is C21H13NO6. The number of furan rings is 1. The molecule has 1 aliphatic rings. The molecule has 0 aliphatic carbocycles. The Kier molecular flexibility index (Phi) is 3.39. The van der Waals surface area contributed by atoms with Gasteiger partial charge in [-0.15, -0.1) is 0 Å². The SMILES string of the molecule is COc1c2ccc(=O)oc2cc2occ(CN3C(=O)c4ccccc4C3=O)c12. The van der Waals surface area contributed by atoms with Crippen molar-refractivity contribution in [2.24, 2.45) is 0 Å². The van der Waals surface area contributed by atoms with Crippen molar-refractivity contribution in [1.82, 2.24) is 4.90 Å². The Hall–Kier alpha value is -3.87. The smallest absolute Gasteiger partial charge is 0.336 e. The number of nitrogens with zero attached hydrogens (tertiary/aromatic N) is 1. The molecule has 0 N–H and O–H groups in total. The van der Waals surface area contributed by atoms with E-state index >= 15 is 0 Å². The number of carbonyl (C=O) groups is 2. The summed E-state index contributed by atoms with van der Waals surface area (Å²) in [5.41, 5.74) is 1.68. The molecule has 3 heterocycles. The molecule has 0 saturated carbocycles. The Morgan fingerprint density at radius 2 is 1.68 bits per heavy atom. The summed E-state index contributed by atoms with van der Waals surface area (Å²) < 4.78 is 16.4. The first-order valence-electron chi connectivity index (χ1n) is 8.54. The van der Waals surface area contributed by atoms with Crippen molar-refractivity contribution < 1.29 is 23.2 Å². The van der Waals surface area contributed by atoms with E-state index in [1.165, 1.54) is 24.3 Å². The van der Waals surface area contributed by atoms with Crippen LogP contribution in [0.2, 0.25) is 0 Å². The lowest BCUT2D eigenvalue weighted by atomic mass is 10.1. The quantitative estimate of drug-likeness (QED) is 0.403. The van der Waals surface area contributed by atoms with Crippen LogP contribution in [0.25, 0.3) is 21.9 Å². The maximum absolute atomic E-state index is 12.7. The van der Waals surface area contributed by atoms with Crippen LogP contribution in [0.5, 0.6) is 5.75 Å². The number of hydrogen-bond acceptors (Lipinski definition) is 6. The van der Waals surface area contributed by atoms with E-state index < -0.39 is 5.63 Å². The van der Waals surface area contributed by atoms with Crippen molar-refractivity contribution in [2.45, 2.75) is 6.54 Å². The third-order valence-corrected chi connectivity index (χ3v) is 4.90. The average Bonchev–Trinajstić information content (AvgIpc) is 3.21. The van der Waals surface area contributed by atoms with E-state index in [1.54, 1.807) is 36.4 Å². The topological polar surface area (TPSA) is 90.0 Å². The molecule has 28 heavy (non-hydrogen) atoms. The van der Waals surface area contributed by atoms with Crippen LogP contribution < -0.4 is 10.4 Å². The molecule has 0 saturated heterocycles. The molecule has 1 aliphatic heterocycles. The predicted molar refractivity (Wildman–Crippen MR) is 99.5 cm³/mol. The van der Waals surface area contributed by atoms with Gasteiger partial charge in [0, 0.05) is 17.7 Å². The molecular weight excluding hydrogens is 362 g/mol. The highest BCUT2D eigenvalue weighted by Gasteiger charge is 2.35. The van der Waals surface area contributed by atoms with Gasteiger partial charge in [-0.25, -0.2) is 4.79 Å². The standard InChI is InChI=1S/C21H13NO6/c1-26-19-14-6-7-17(23)28-15(14)8-16-18(19)11(10-27-16)9-22-20(24)12-4-2-3-5-13(12)21(22)25/h2-8,10H,9H2,1H3. The zero-order chi connectivity index (χ0) is 19.4. The summed E-state index contributed by atoms with van der Waals surface area (Å²) in [5, 5.41) is 1.22. The van der Waals surface area contributed by atoms with Crippen LogP contribution >= 0.6 is 0 Å². The molecule has 0 unspecified atom stereocenters. The molecule has 0 fully saturated rings. The second kappa shape index (κ2) is 5.82. The second-order valence-corrected chi connectivity index (χ2v) is 6.45. The zero-order valence-corrected chi connectivity index (χ0v) is 14.7. The van der Waals surface area contributed by atoms with Gasteiger partial charge >= 0.3 is 5.63 Å². The molecule has 7 heteroatoms. The van der Waals surface area contributed by atoms with Crippen molar-refractivity contribution >= 4 is 33.8 Å². The molecule has 4 aromatic rings. The average molecular weight is 375 g/mol. The van der Waals surface area contributed by atoms with Gasteiger partial charge in [-0.2, -0.15) is 0 Å². The maximum atomic E-state index is 12.7. The monoisotopic (exact) mass is 375 g/mol. The Morgan fingerprint density at radius 1 is 0.964 bits per heavy atom. The molecule has 0 radical (unpaired) electrons. The van der Waals surface area contributed by atoms with Gasteiger partial charge < -0.3 is 13.6 Å². The van der Waals surface area contributed by atoms with Gasteiger partial charge in [-0.1, -0.05) is 12.1 Å². The lowest BCUT2D eigenvalue weighted by molar-refractivity contribution is 0.0642. The summed E-state index contributed by atoms with van der Waals surface area (Å²) in [7, 11) is 1.50. The summed E-state index contributed by atoms with van der Waals surface area (Å²) in [6.07, 6.45) is 1.48. The van der Waals surface area contributed by atoms with Crippen molar-refractivity contribution in [3.63, 3.8) is 0 Å². The molecule has 5 rings (SSSR count). The first-order chi connectivity index (χ1) is 13.6. The van der Waals surface area contributed by atoms with E-state index in [4.69, 9.17) is 13.6 Å². The zero-order valence-electron chi connectivity index (χ0n) is 14.7. The van der Waals surface area contributed by atoms with Crippen LogP contribution in [0, 0.1) is 0 Å². The highest BCUT2D eigenvalue weighted by Crippen LogP contribution is 2.38. The molecule has 0 atom stereocenters. The van der Waals surface area contributed by atoms with Crippen LogP contribution in [0.1, 0.15) is 26.3 Å². The fourth-order valence-electron chi connectivity index (χ4n) is 3.64. The third kappa shape index (κ3) is 2.19. The lowest BCUT2D eigenvalue weighted by Crippen LogP contribution is -2.29. The van der Waals surface area contributed by atoms with Gasteiger partial charge in [0.25, 0.3) is 11.8 Å². The number of fused-ring (bicyclic) bond motifs is 3. The van der Waals surface area contributed by atoms with E-state index in [0.29, 0.717) is 44.4 Å². The molecule has 138 valence electrons. The first kappa shape index (κ1) is 16.3. The van der Waals surface area contributed by atoms with E-state index in [0.717, 1.165) is 0 Å². The fraction of sp³-hybridized carbons (Fsp3) is 0.0952. The van der Waals surface area contributed by atoms with E-state index in [-0.39, 0.29) is 18.4 Å². The summed E-state index contributed by atoms with van der Waals surface area (Å²) in [6, 6.07) is 11.2. The van der Waals surface area contributed by atoms with Crippen molar-refractivity contribution in [3.8, 4) is 5.75 Å². The maximum Gasteiger partial charge on any atom is 0.336 e. The predicted octanol–water partition coefficient (Wildman–Crippen LogP) is 3.34. The van der Waals surface area contributed by atoms with Gasteiger partial charge in [0.15, 0.2) is 0 Å². The normalized spacial score (nSPS) is 13.5. The van der Waals surface area contributed by atoms with Gasteiger partial charge in [0.1, 0.15) is 16.9 Å². The minimum Gasteiger partial charge on any atom is -0.495 e. The third-order valence-electron chi connectivity index (χ3n) is 4.90. The van der Waals surface area contributed by atoms with E-state index in [1.807, 2.05) is 0 Å². The number of imide groups is 1. The number of hydrogen-bond donors (Lipinski definition) is 0. The van der Waals surface area contributed by atoms with Crippen LogP contribution in [0.15, 0.2) is 62.4 Å². The Bertz CT molecular complexity index is 1310. The number of amides is 2. The fourth-order valence-corrected chi connectivity index (χ4v) is 3.64. The minimum atomic E-state index is -0.480. The van der Waals surface area contributed by atoms with Crippen molar-refractivity contribution in [2.75, 3.05) is 7.11 Å². The van der Waals surface area contributed by atoms with Crippen LogP contribution in [-0.2, 0) is 6.54 Å². The van der Waals surface area contributed by atoms with E-state index in [2.05, 4.69) is 0 Å². The Morgan fingerprint density at radius 3 is 2.36 bits per heavy atom. The number of rotatable bonds is 3. The van der Waals surface area contributed by atoms with Gasteiger partial charge in [-0.05, 0) is 18.2 Å². The number of ether oxygens (including phenoxy) is 1. The number of benzene rings is 2. The molecule has 2 amide bonds. The van der Waals surface area contributed by atoms with Gasteiger partial charge in [-0.3, -0.25) is 14.5 Å². The first-order valence-corrected chi connectivity index (χ1v) is 8.54. The lowest BCUT2D eigenvalue weighted by Gasteiger charge is -2.14. The molecule has 0 bridgehead atoms. The minimum absolute atomic E-state index is 0.0397. The number of carbonyl (C=O) groups excluding carboxylic acids is 2. The highest BCUT2D eigenvalue weighted by atomic mass is 16.5. The Labute approximate surface area is 157 Å². The molecule has 7 nitrogen and oxygen atoms in total. The summed E-state index contributed by atoms with van der Waals surface area (Å²) in [6.45, 7) is 0.0397. The van der Waals surface area contributed by atoms with Crippen LogP contribution in [0.3, 0.4) is 0 Å². The molecule has 2 aromatic heterocycles. The number of methoxy groups -OCH3 is 1. The largest absolute Gasteiger partial charge is 0.495 e. The van der Waals surface area contributed by atoms with E-state index in [9.17, 15) is 14.4 Å². The van der Waals surface area contributed by atoms with Crippen LogP contribution in [-0.4, -0.2) is 23.8 Å². The van der Waals surface area contributed by atoms with Gasteiger partial charge in [0.2, 0.25) is 0 Å². The van der Waals surface area contributed by atoms with Crippen LogP contribution in [0.4, 0.5) is 0 Å². The van der Waals surface area contributed by atoms with Gasteiger partial charge in [0.05, 0.1) is 41.8 Å². The van der Waals surface area contributed by atoms with Crippen molar-refractivity contribution in [3.05, 3.63) is 75.8 Å². The Balaban J connectivity index is 1.65. The van der Waals surface area contributed by atoms with Crippen molar-refractivity contribution in [1.29, 1.82) is 0 Å². The summed E-state index contributed by atoms with van der Waals surface area (Å²) in [4.78, 5) is 38.0. The molecule has 2 aromatic carbocycles. The molecule has 0 spiro atoms. The second-order valence-electron chi connectivity index (χ2n) is 6.45. The highest BCUT2D eigenvalue weighted by molar-refractivity contribution is 6.21.